The van der Waals surface area contributed by atoms with Crippen LogP contribution in [0.3, 0.4) is 0 Å². The summed E-state index contributed by atoms with van der Waals surface area (Å²) in [6.07, 6.45) is 5.35. The highest BCUT2D eigenvalue weighted by Gasteiger charge is 2.16. The highest BCUT2D eigenvalue weighted by Crippen LogP contribution is 2.29. The second-order valence-corrected chi connectivity index (χ2v) is 5.41. The number of halogens is 3. The van der Waals surface area contributed by atoms with Crippen molar-refractivity contribution in [1.29, 1.82) is 0 Å². The lowest BCUT2D eigenvalue weighted by molar-refractivity contribution is 0.373. The van der Waals surface area contributed by atoms with Gasteiger partial charge in [-0.25, -0.2) is 0 Å². The molecule has 1 N–H and O–H groups in total. The number of fused-ring (bicyclic) bond motifs is 1. The predicted octanol–water partition coefficient (Wildman–Crippen LogP) is 4.27. The molecule has 0 spiro atoms. The van der Waals surface area contributed by atoms with Gasteiger partial charge in [-0.3, -0.25) is 4.98 Å². The zero-order valence-electron chi connectivity index (χ0n) is 11.1. The van der Waals surface area contributed by atoms with Crippen LogP contribution in [0.4, 0.5) is 0 Å². The fourth-order valence-corrected chi connectivity index (χ4v) is 2.98. The summed E-state index contributed by atoms with van der Waals surface area (Å²) in [5.74, 6) is 0.745. The Kier molecular flexibility index (Phi) is 7.04. The Morgan fingerprint density at radius 2 is 1.85 bits per heavy atom. The minimum atomic E-state index is 0. The smallest absolute Gasteiger partial charge is 0.0705 e. The highest BCUT2D eigenvalue weighted by molar-refractivity contribution is 6.32. The quantitative estimate of drug-likeness (QED) is 0.887. The van der Waals surface area contributed by atoms with E-state index in [1.807, 2.05) is 6.07 Å². The van der Waals surface area contributed by atoms with Crippen LogP contribution in [0.2, 0.25) is 5.02 Å². The lowest BCUT2D eigenvalue weighted by Crippen LogP contribution is -2.28. The van der Waals surface area contributed by atoms with Gasteiger partial charge in [0.25, 0.3) is 0 Å². The number of pyridine rings is 1. The lowest BCUT2D eigenvalue weighted by Gasteiger charge is -2.23. The van der Waals surface area contributed by atoms with Gasteiger partial charge in [-0.1, -0.05) is 29.8 Å². The fraction of sp³-hybridized carbons (Fsp3) is 0.400. The molecule has 2 heterocycles. The van der Waals surface area contributed by atoms with E-state index in [0.717, 1.165) is 36.0 Å². The number of nitrogens with zero attached hydrogens (tertiary/aromatic N) is 1. The first-order valence-corrected chi connectivity index (χ1v) is 6.95. The first-order valence-electron chi connectivity index (χ1n) is 6.57. The number of nitrogens with one attached hydrogen (secondary N) is 1. The maximum absolute atomic E-state index is 6.34. The summed E-state index contributed by atoms with van der Waals surface area (Å²) in [4.78, 5) is 4.39. The molecule has 5 heteroatoms. The monoisotopic (exact) mass is 332 g/mol. The van der Waals surface area contributed by atoms with Crippen LogP contribution in [0, 0.1) is 5.92 Å². The Morgan fingerprint density at radius 1 is 1.15 bits per heavy atom. The SMILES string of the molecule is Cl.Cl.Clc1cnc2ccccc2c1CC1CCNCC1. The van der Waals surface area contributed by atoms with Crippen molar-refractivity contribution in [3.63, 3.8) is 0 Å². The Bertz CT molecular complexity index is 554. The van der Waals surface area contributed by atoms with Crippen molar-refractivity contribution < 1.29 is 0 Å². The van der Waals surface area contributed by atoms with Gasteiger partial charge in [-0.2, -0.15) is 0 Å². The molecule has 0 amide bonds. The third-order valence-electron chi connectivity index (χ3n) is 3.79. The fourth-order valence-electron chi connectivity index (χ4n) is 2.76. The van der Waals surface area contributed by atoms with Crippen LogP contribution in [0.1, 0.15) is 18.4 Å². The normalized spacial score (nSPS) is 15.4. The van der Waals surface area contributed by atoms with Crippen LogP contribution in [-0.2, 0) is 6.42 Å². The second kappa shape index (κ2) is 8.04. The van der Waals surface area contributed by atoms with E-state index in [1.54, 1.807) is 6.20 Å². The predicted molar refractivity (Wildman–Crippen MR) is 90.5 cm³/mol. The molecule has 0 aliphatic carbocycles. The summed E-state index contributed by atoms with van der Waals surface area (Å²) >= 11 is 6.34. The summed E-state index contributed by atoms with van der Waals surface area (Å²) in [5.41, 5.74) is 2.32. The Hall–Kier alpha value is -0.540. The molecule has 110 valence electrons. The number of benzene rings is 1. The van der Waals surface area contributed by atoms with E-state index in [9.17, 15) is 0 Å². The van der Waals surface area contributed by atoms with Crippen LogP contribution in [0.25, 0.3) is 10.9 Å². The molecular weight excluding hydrogens is 315 g/mol. The van der Waals surface area contributed by atoms with E-state index >= 15 is 0 Å². The minimum absolute atomic E-state index is 0. The van der Waals surface area contributed by atoms with Crippen molar-refractivity contribution in [3.05, 3.63) is 41.0 Å². The molecule has 1 aliphatic rings. The summed E-state index contributed by atoms with van der Waals surface area (Å²) < 4.78 is 0. The van der Waals surface area contributed by atoms with Gasteiger partial charge in [-0.15, -0.1) is 24.8 Å². The number of piperidine rings is 1. The molecule has 2 aromatic rings. The summed E-state index contributed by atoms with van der Waals surface area (Å²) in [5, 5.41) is 5.43. The molecule has 1 saturated heterocycles. The molecule has 3 rings (SSSR count). The Balaban J connectivity index is 0.000001000. The van der Waals surface area contributed by atoms with Crippen LogP contribution in [0.15, 0.2) is 30.5 Å². The van der Waals surface area contributed by atoms with Gasteiger partial charge < -0.3 is 5.32 Å². The van der Waals surface area contributed by atoms with Crippen molar-refractivity contribution >= 4 is 47.3 Å². The molecule has 0 atom stereocenters. The molecule has 0 radical (unpaired) electrons. The number of para-hydroxylation sites is 1. The molecule has 1 fully saturated rings. The maximum atomic E-state index is 6.34. The minimum Gasteiger partial charge on any atom is -0.317 e. The molecule has 1 aromatic carbocycles. The van der Waals surface area contributed by atoms with Crippen LogP contribution in [-0.4, -0.2) is 18.1 Å². The third kappa shape index (κ3) is 3.76. The Morgan fingerprint density at radius 3 is 2.60 bits per heavy atom. The highest BCUT2D eigenvalue weighted by atomic mass is 35.5. The molecular formula is C15H19Cl3N2. The van der Waals surface area contributed by atoms with Gasteiger partial charge >= 0.3 is 0 Å². The van der Waals surface area contributed by atoms with Crippen LogP contribution in [0.5, 0.6) is 0 Å². The Labute approximate surface area is 137 Å². The lowest BCUT2D eigenvalue weighted by atomic mass is 9.90. The van der Waals surface area contributed by atoms with Crippen molar-refractivity contribution in [1.82, 2.24) is 10.3 Å². The van der Waals surface area contributed by atoms with E-state index in [1.165, 1.54) is 23.8 Å². The summed E-state index contributed by atoms with van der Waals surface area (Å²) in [6, 6.07) is 8.27. The number of aromatic nitrogens is 1. The average Bonchev–Trinajstić information content (AvgIpc) is 2.43. The number of hydrogen-bond acceptors (Lipinski definition) is 2. The molecule has 1 aliphatic heterocycles. The zero-order valence-corrected chi connectivity index (χ0v) is 13.5. The third-order valence-corrected chi connectivity index (χ3v) is 4.11. The first-order chi connectivity index (χ1) is 8.84. The van der Waals surface area contributed by atoms with Gasteiger partial charge in [0.2, 0.25) is 0 Å². The molecule has 0 unspecified atom stereocenters. The summed E-state index contributed by atoms with van der Waals surface area (Å²) in [6.45, 7) is 2.26. The van der Waals surface area contributed by atoms with Crippen LogP contribution < -0.4 is 5.32 Å². The topological polar surface area (TPSA) is 24.9 Å². The number of rotatable bonds is 2. The van der Waals surface area contributed by atoms with E-state index in [2.05, 4.69) is 28.5 Å². The van der Waals surface area contributed by atoms with Gasteiger partial charge in [0.05, 0.1) is 10.5 Å². The van der Waals surface area contributed by atoms with Gasteiger partial charge in [0.1, 0.15) is 0 Å². The average molecular weight is 334 g/mol. The van der Waals surface area contributed by atoms with Crippen molar-refractivity contribution in [2.75, 3.05) is 13.1 Å². The van der Waals surface area contributed by atoms with Gasteiger partial charge in [-0.05, 0) is 49.9 Å². The molecule has 1 aromatic heterocycles. The van der Waals surface area contributed by atoms with Crippen LogP contribution >= 0.6 is 36.4 Å². The molecule has 0 bridgehead atoms. The van der Waals surface area contributed by atoms with E-state index in [4.69, 9.17) is 11.6 Å². The standard InChI is InChI=1S/C15H17ClN2.2ClH/c16-14-10-18-15-4-2-1-3-12(15)13(14)9-11-5-7-17-8-6-11;;/h1-4,10-11,17H,5-9H2;2*1H. The molecule has 2 nitrogen and oxygen atoms in total. The van der Waals surface area contributed by atoms with E-state index in [0.29, 0.717) is 0 Å². The van der Waals surface area contributed by atoms with E-state index < -0.39 is 0 Å². The largest absolute Gasteiger partial charge is 0.317 e. The summed E-state index contributed by atoms with van der Waals surface area (Å²) in [7, 11) is 0. The van der Waals surface area contributed by atoms with Crippen molar-refractivity contribution in [2.24, 2.45) is 5.92 Å². The zero-order chi connectivity index (χ0) is 12.4. The van der Waals surface area contributed by atoms with Crippen molar-refractivity contribution in [3.8, 4) is 0 Å². The van der Waals surface area contributed by atoms with Crippen molar-refractivity contribution in [2.45, 2.75) is 19.3 Å². The van der Waals surface area contributed by atoms with Gasteiger partial charge in [0, 0.05) is 11.6 Å². The first kappa shape index (κ1) is 17.5. The molecule has 20 heavy (non-hydrogen) atoms. The van der Waals surface area contributed by atoms with Gasteiger partial charge in [0.15, 0.2) is 0 Å². The molecule has 0 saturated carbocycles. The second-order valence-electron chi connectivity index (χ2n) is 5.00. The maximum Gasteiger partial charge on any atom is 0.0705 e. The number of hydrogen-bond donors (Lipinski definition) is 1. The van der Waals surface area contributed by atoms with E-state index in [-0.39, 0.29) is 24.8 Å².